The van der Waals surface area contributed by atoms with Gasteiger partial charge in [-0.1, -0.05) is 12.1 Å². The molecule has 0 aliphatic carbocycles. The summed E-state index contributed by atoms with van der Waals surface area (Å²) < 4.78 is 12.4. The van der Waals surface area contributed by atoms with Gasteiger partial charge in [0.2, 0.25) is 5.69 Å². The van der Waals surface area contributed by atoms with E-state index < -0.39 is 17.2 Å². The van der Waals surface area contributed by atoms with Gasteiger partial charge in [0.05, 0.1) is 26.5 Å². The Labute approximate surface area is 172 Å². The molecule has 2 aromatic carbocycles. The fraction of sp³-hybridized carbons (Fsp3) is 0.238. The minimum atomic E-state index is -0.765. The minimum absolute atomic E-state index is 0.0417. The molecule has 0 atom stereocenters. The molecule has 0 unspecified atom stereocenters. The molecule has 0 fully saturated rings. The van der Waals surface area contributed by atoms with Crippen molar-refractivity contribution < 1.29 is 14.3 Å². The fourth-order valence-corrected chi connectivity index (χ4v) is 2.89. The summed E-state index contributed by atoms with van der Waals surface area (Å²) in [5.41, 5.74) is -0.733. The van der Waals surface area contributed by atoms with E-state index in [-0.39, 0.29) is 12.2 Å². The molecule has 9 heteroatoms. The zero-order valence-corrected chi connectivity index (χ0v) is 16.9. The second kappa shape index (κ2) is 9.08. The summed E-state index contributed by atoms with van der Waals surface area (Å²) in [5.74, 6) is 0.540. The summed E-state index contributed by atoms with van der Waals surface area (Å²) in [6.07, 6.45) is 0. The number of rotatable bonds is 7. The van der Waals surface area contributed by atoms with Crippen LogP contribution in [0.2, 0.25) is 0 Å². The Hall–Kier alpha value is -3.88. The molecule has 156 valence electrons. The fourth-order valence-electron chi connectivity index (χ4n) is 2.89. The molecule has 1 amide bonds. The minimum Gasteiger partial charge on any atom is -0.497 e. The summed E-state index contributed by atoms with van der Waals surface area (Å²) >= 11 is 0. The van der Waals surface area contributed by atoms with E-state index in [1.807, 2.05) is 0 Å². The third-order valence-corrected chi connectivity index (χ3v) is 4.40. The molecule has 30 heavy (non-hydrogen) atoms. The monoisotopic (exact) mass is 410 g/mol. The number of ether oxygens (including phenoxy) is 2. The highest BCUT2D eigenvalue weighted by Gasteiger charge is 2.20. The molecule has 9 nitrogen and oxygen atoms in total. The van der Waals surface area contributed by atoms with Crippen LogP contribution in [0.15, 0.2) is 58.1 Å². The lowest BCUT2D eigenvalue weighted by Crippen LogP contribution is -2.46. The van der Waals surface area contributed by atoms with Gasteiger partial charge in [-0.05, 0) is 48.9 Å². The maximum atomic E-state index is 13.1. The highest BCUT2D eigenvalue weighted by molar-refractivity contribution is 5.91. The summed E-state index contributed by atoms with van der Waals surface area (Å²) in [6.45, 7) is 2.00. The van der Waals surface area contributed by atoms with Gasteiger partial charge in [-0.3, -0.25) is 14.2 Å². The van der Waals surface area contributed by atoms with Gasteiger partial charge >= 0.3 is 5.69 Å². The van der Waals surface area contributed by atoms with Crippen molar-refractivity contribution in [1.29, 1.82) is 0 Å². The first-order valence-corrected chi connectivity index (χ1v) is 9.28. The smallest absolute Gasteiger partial charge is 0.352 e. The maximum absolute atomic E-state index is 13.1. The largest absolute Gasteiger partial charge is 0.497 e. The summed E-state index contributed by atoms with van der Waals surface area (Å²) in [4.78, 5) is 38.5. The second-order valence-electron chi connectivity index (χ2n) is 6.34. The third kappa shape index (κ3) is 4.24. The van der Waals surface area contributed by atoms with Crippen LogP contribution in [-0.4, -0.2) is 41.0 Å². The summed E-state index contributed by atoms with van der Waals surface area (Å²) in [7, 11) is 3.06. The molecule has 0 spiro atoms. The quantitative estimate of drug-likeness (QED) is 0.628. The van der Waals surface area contributed by atoms with Crippen molar-refractivity contribution in [3.8, 4) is 17.2 Å². The Kier molecular flexibility index (Phi) is 6.31. The van der Waals surface area contributed by atoms with Gasteiger partial charge in [-0.25, -0.2) is 4.79 Å². The number of nitrogens with zero attached hydrogens (tertiary/aromatic N) is 3. The maximum Gasteiger partial charge on any atom is 0.352 e. The zero-order valence-electron chi connectivity index (χ0n) is 16.9. The second-order valence-corrected chi connectivity index (χ2v) is 6.34. The average Bonchev–Trinajstić information content (AvgIpc) is 2.77. The molecule has 0 aliphatic heterocycles. The lowest BCUT2D eigenvalue weighted by atomic mass is 10.2. The SMILES string of the molecule is CCNC(=O)c1nn(-c2ccc(OC)cc2)c(=O)n(Cc2cccc(OC)c2)c1=O. The van der Waals surface area contributed by atoms with Crippen LogP contribution in [0.3, 0.4) is 0 Å². The number of hydrogen-bond donors (Lipinski definition) is 1. The van der Waals surface area contributed by atoms with Gasteiger partial charge in [0.15, 0.2) is 0 Å². The Morgan fingerprint density at radius 3 is 2.37 bits per heavy atom. The van der Waals surface area contributed by atoms with Crippen molar-refractivity contribution >= 4 is 5.91 Å². The van der Waals surface area contributed by atoms with Crippen molar-refractivity contribution in [3.63, 3.8) is 0 Å². The number of hydrogen-bond acceptors (Lipinski definition) is 6. The lowest BCUT2D eigenvalue weighted by molar-refractivity contribution is 0.0946. The molecule has 0 saturated carbocycles. The number of nitrogens with one attached hydrogen (secondary N) is 1. The van der Waals surface area contributed by atoms with Gasteiger partial charge < -0.3 is 14.8 Å². The van der Waals surface area contributed by atoms with Gasteiger partial charge in [-0.2, -0.15) is 9.78 Å². The van der Waals surface area contributed by atoms with Crippen LogP contribution in [0.25, 0.3) is 5.69 Å². The van der Waals surface area contributed by atoms with Crippen LogP contribution in [0, 0.1) is 0 Å². The van der Waals surface area contributed by atoms with Crippen molar-refractivity contribution in [2.75, 3.05) is 20.8 Å². The van der Waals surface area contributed by atoms with Crippen LogP contribution in [0.5, 0.6) is 11.5 Å². The van der Waals surface area contributed by atoms with Crippen LogP contribution in [0.4, 0.5) is 0 Å². The molecule has 0 aliphatic rings. The molecule has 3 rings (SSSR count). The number of amides is 1. The van der Waals surface area contributed by atoms with Gasteiger partial charge in [-0.15, -0.1) is 0 Å². The van der Waals surface area contributed by atoms with Crippen LogP contribution < -0.4 is 26.0 Å². The van der Waals surface area contributed by atoms with Gasteiger partial charge in [0, 0.05) is 6.54 Å². The van der Waals surface area contributed by atoms with E-state index in [2.05, 4.69) is 10.4 Å². The topological polar surface area (TPSA) is 104 Å². The predicted octanol–water partition coefficient (Wildman–Crippen LogP) is 1.21. The number of aromatic nitrogens is 3. The van der Waals surface area contributed by atoms with Crippen LogP contribution >= 0.6 is 0 Å². The molecular weight excluding hydrogens is 388 g/mol. The molecule has 1 heterocycles. The average molecular weight is 410 g/mol. The normalized spacial score (nSPS) is 10.5. The Morgan fingerprint density at radius 2 is 1.73 bits per heavy atom. The number of methoxy groups -OCH3 is 2. The Morgan fingerprint density at radius 1 is 1.03 bits per heavy atom. The molecule has 1 N–H and O–H groups in total. The van der Waals surface area contributed by atoms with Crippen LogP contribution in [-0.2, 0) is 6.54 Å². The molecule has 0 radical (unpaired) electrons. The first-order valence-electron chi connectivity index (χ1n) is 9.28. The van der Waals surface area contributed by atoms with E-state index in [0.29, 0.717) is 29.3 Å². The van der Waals surface area contributed by atoms with Crippen molar-refractivity contribution in [2.45, 2.75) is 13.5 Å². The first kappa shape index (κ1) is 20.8. The molecule has 1 aromatic heterocycles. The van der Waals surface area contributed by atoms with E-state index in [1.54, 1.807) is 55.5 Å². The summed E-state index contributed by atoms with van der Waals surface area (Å²) in [5, 5.41) is 6.60. The van der Waals surface area contributed by atoms with Gasteiger partial charge in [0.25, 0.3) is 11.5 Å². The predicted molar refractivity (Wildman–Crippen MR) is 111 cm³/mol. The van der Waals surface area contributed by atoms with Crippen LogP contribution in [0.1, 0.15) is 23.0 Å². The highest BCUT2D eigenvalue weighted by atomic mass is 16.5. The molecule has 3 aromatic rings. The standard InChI is InChI=1S/C21H22N4O5/c1-4-22-19(26)18-20(27)24(13-14-6-5-7-17(12-14)30-3)21(28)25(23-18)15-8-10-16(29-2)11-9-15/h5-12H,4,13H2,1-3H3,(H,22,26). The highest BCUT2D eigenvalue weighted by Crippen LogP contribution is 2.14. The Bertz CT molecular complexity index is 1170. The number of benzene rings is 2. The van der Waals surface area contributed by atoms with E-state index in [4.69, 9.17) is 9.47 Å². The first-order chi connectivity index (χ1) is 14.5. The summed E-state index contributed by atoms with van der Waals surface area (Å²) in [6, 6.07) is 13.6. The van der Waals surface area contributed by atoms with E-state index in [0.717, 1.165) is 9.25 Å². The van der Waals surface area contributed by atoms with Crippen molar-refractivity contribution in [1.82, 2.24) is 19.7 Å². The molecule has 0 bridgehead atoms. The number of carbonyl (C=O) groups is 1. The van der Waals surface area contributed by atoms with E-state index >= 15 is 0 Å². The zero-order chi connectivity index (χ0) is 21.7. The Balaban J connectivity index is 2.18. The molecule has 0 saturated heterocycles. The number of carbonyl (C=O) groups excluding carboxylic acids is 1. The van der Waals surface area contributed by atoms with Gasteiger partial charge in [0.1, 0.15) is 11.5 Å². The van der Waals surface area contributed by atoms with Crippen molar-refractivity contribution in [2.24, 2.45) is 0 Å². The van der Waals surface area contributed by atoms with E-state index in [1.165, 1.54) is 14.2 Å². The molecular formula is C21H22N4O5. The third-order valence-electron chi connectivity index (χ3n) is 4.40. The lowest BCUT2D eigenvalue weighted by Gasteiger charge is -2.13. The van der Waals surface area contributed by atoms with Crippen molar-refractivity contribution in [3.05, 3.63) is 80.6 Å². The van der Waals surface area contributed by atoms with E-state index in [9.17, 15) is 14.4 Å².